The number of amides is 1. The van der Waals surface area contributed by atoms with E-state index in [0.29, 0.717) is 28.3 Å². The normalized spacial score (nSPS) is 16.7. The van der Waals surface area contributed by atoms with Gasteiger partial charge >= 0.3 is 0 Å². The molecule has 0 radical (unpaired) electrons. The maximum atomic E-state index is 12.4. The summed E-state index contributed by atoms with van der Waals surface area (Å²) in [6, 6.07) is 6.53. The first-order chi connectivity index (χ1) is 14.9. The van der Waals surface area contributed by atoms with Gasteiger partial charge in [0, 0.05) is 34.8 Å². The van der Waals surface area contributed by atoms with Crippen LogP contribution in [0.15, 0.2) is 30.5 Å². The Bertz CT molecular complexity index is 1190. The number of carbonyl (C=O) groups excluding carboxylic acids is 1. The summed E-state index contributed by atoms with van der Waals surface area (Å²) in [5.41, 5.74) is 2.25. The maximum Gasteiger partial charge on any atom is 0.273 e. The number of aryl methyl sites for hydroxylation is 1. The van der Waals surface area contributed by atoms with Crippen LogP contribution in [0.4, 0.5) is 17.1 Å². The fourth-order valence-corrected chi connectivity index (χ4v) is 2.92. The maximum absolute atomic E-state index is 12.4. The molecule has 0 bridgehead atoms. The molecule has 132 valence electrons. The molecule has 1 aliphatic rings. The summed E-state index contributed by atoms with van der Waals surface area (Å²) in [7, 11) is 1.65. The quantitative estimate of drug-likeness (QED) is 0.730. The van der Waals surface area contributed by atoms with Gasteiger partial charge in [0.15, 0.2) is 5.69 Å². The van der Waals surface area contributed by atoms with Crippen molar-refractivity contribution >= 4 is 23.0 Å². The summed E-state index contributed by atoms with van der Waals surface area (Å²) in [6.45, 7) is -5.19. The van der Waals surface area contributed by atoms with E-state index in [1.54, 1.807) is 25.2 Å². The molecular formula is C17H18N8O. The summed E-state index contributed by atoms with van der Waals surface area (Å²) in [5.74, 6) is -0.950. The van der Waals surface area contributed by atoms with Crippen molar-refractivity contribution in [2.24, 2.45) is 7.05 Å². The minimum atomic E-state index is -2.71. The first-order valence-corrected chi connectivity index (χ1v) is 7.66. The number of fused-ring (bicyclic) bond motifs is 3. The molecule has 3 heterocycles. The Labute approximate surface area is 158 Å². The topological polar surface area (TPSA) is 101 Å². The Morgan fingerprint density at radius 1 is 1.27 bits per heavy atom. The Hall–Kier alpha value is -3.49. The minimum Gasteiger partial charge on any atom is -0.366 e. The summed E-state index contributed by atoms with van der Waals surface area (Å²) >= 11 is 0. The van der Waals surface area contributed by atoms with Crippen LogP contribution in [0, 0.1) is 0 Å². The van der Waals surface area contributed by atoms with Gasteiger partial charge in [-0.3, -0.25) is 4.79 Å². The summed E-state index contributed by atoms with van der Waals surface area (Å²) < 4.78 is 45.8. The van der Waals surface area contributed by atoms with Gasteiger partial charge in [-0.2, -0.15) is 20.1 Å². The van der Waals surface area contributed by atoms with Gasteiger partial charge in [-0.05, 0) is 12.1 Å². The second kappa shape index (κ2) is 6.10. The second-order valence-electron chi connectivity index (χ2n) is 5.65. The second-order valence-corrected chi connectivity index (χ2v) is 5.65. The summed E-state index contributed by atoms with van der Waals surface area (Å²) in [6.07, 6.45) is 1.33. The van der Waals surface area contributed by atoms with Crippen LogP contribution in [0.2, 0.25) is 0 Å². The van der Waals surface area contributed by atoms with E-state index in [1.165, 1.54) is 22.0 Å². The summed E-state index contributed by atoms with van der Waals surface area (Å²) in [4.78, 5) is 15.0. The van der Waals surface area contributed by atoms with E-state index in [4.69, 9.17) is 8.22 Å². The lowest BCUT2D eigenvalue weighted by Gasteiger charge is -2.28. The molecule has 0 spiro atoms. The van der Waals surface area contributed by atoms with Crippen LogP contribution < -0.4 is 15.5 Å². The van der Waals surface area contributed by atoms with Gasteiger partial charge < -0.3 is 15.5 Å². The number of rotatable bonds is 3. The van der Waals surface area contributed by atoms with Gasteiger partial charge in [-0.1, -0.05) is 12.1 Å². The van der Waals surface area contributed by atoms with E-state index >= 15 is 0 Å². The van der Waals surface area contributed by atoms with Gasteiger partial charge in [0.05, 0.1) is 29.8 Å². The highest BCUT2D eigenvalue weighted by atomic mass is 16.1. The van der Waals surface area contributed by atoms with E-state index in [1.807, 2.05) is 5.32 Å². The van der Waals surface area contributed by atoms with Crippen LogP contribution in [0.5, 0.6) is 0 Å². The van der Waals surface area contributed by atoms with Crippen LogP contribution in [0.3, 0.4) is 0 Å². The molecule has 9 nitrogen and oxygen atoms in total. The highest BCUT2D eigenvalue weighted by Gasteiger charge is 2.26. The number of hydrogen-bond donors (Lipinski definition) is 2. The number of para-hydroxylation sites is 1. The molecule has 0 unspecified atom stereocenters. The first-order valence-electron chi connectivity index (χ1n) is 10.7. The van der Waals surface area contributed by atoms with E-state index in [0.717, 1.165) is 0 Å². The number of hydrogen-bond acceptors (Lipinski definition) is 7. The van der Waals surface area contributed by atoms with E-state index < -0.39 is 19.9 Å². The molecule has 1 aromatic carbocycles. The molecular weight excluding hydrogens is 332 g/mol. The van der Waals surface area contributed by atoms with Crippen molar-refractivity contribution in [3.8, 4) is 11.3 Å². The molecule has 0 saturated carbocycles. The van der Waals surface area contributed by atoms with Crippen molar-refractivity contribution in [1.29, 1.82) is 0 Å². The zero-order chi connectivity index (χ0) is 23.3. The molecule has 3 aromatic rings. The highest BCUT2D eigenvalue weighted by molar-refractivity contribution is 5.99. The fraction of sp³-hybridized carbons (Fsp3) is 0.235. The number of nitrogens with zero attached hydrogens (tertiary/aromatic N) is 6. The van der Waals surface area contributed by atoms with E-state index in [2.05, 4.69) is 25.7 Å². The van der Waals surface area contributed by atoms with Crippen LogP contribution in [-0.2, 0) is 13.6 Å². The van der Waals surface area contributed by atoms with Crippen molar-refractivity contribution in [1.82, 2.24) is 30.5 Å². The Morgan fingerprint density at radius 3 is 3.04 bits per heavy atom. The van der Waals surface area contributed by atoms with Crippen LogP contribution in [-0.4, -0.2) is 45.1 Å². The number of benzene rings is 1. The van der Waals surface area contributed by atoms with E-state index in [9.17, 15) is 4.79 Å². The molecule has 0 atom stereocenters. The number of nitrogens with one attached hydrogen (secondary N) is 2. The molecule has 1 aliphatic heterocycles. The Balaban J connectivity index is 1.81. The van der Waals surface area contributed by atoms with Crippen LogP contribution >= 0.6 is 0 Å². The third-order valence-corrected chi connectivity index (χ3v) is 3.97. The zero-order valence-corrected chi connectivity index (χ0v) is 13.7. The Kier molecular flexibility index (Phi) is 2.46. The lowest BCUT2D eigenvalue weighted by Crippen LogP contribution is -2.24. The van der Waals surface area contributed by atoms with E-state index in [-0.39, 0.29) is 17.9 Å². The Morgan fingerprint density at radius 2 is 2.19 bits per heavy atom. The predicted molar refractivity (Wildman–Crippen MR) is 97.3 cm³/mol. The average molecular weight is 356 g/mol. The lowest BCUT2D eigenvalue weighted by molar-refractivity contribution is 0.0958. The first kappa shape index (κ1) is 10.5. The monoisotopic (exact) mass is 356 g/mol. The number of aromatic nitrogens is 5. The van der Waals surface area contributed by atoms with Gasteiger partial charge in [-0.15, -0.1) is 5.10 Å². The smallest absolute Gasteiger partial charge is 0.273 e. The summed E-state index contributed by atoms with van der Waals surface area (Å²) in [5, 5.41) is 20.9. The molecule has 0 fully saturated rings. The third-order valence-electron chi connectivity index (χ3n) is 3.97. The van der Waals surface area contributed by atoms with Gasteiger partial charge in [0.2, 0.25) is 0 Å². The van der Waals surface area contributed by atoms with Gasteiger partial charge in [0.1, 0.15) is 11.4 Å². The standard InChI is InChI=1S/C17H18N8O/c1-18-17(26)15-11(7-8-19-21-15)20-12-6-4-5-10-14-13(22-25(3)23-14)9-24(2)16(10)12/h4-8H,9H2,1-3H3,(H,18,26)(H,19,20)/i1D3,2D3. The van der Waals surface area contributed by atoms with Crippen molar-refractivity contribution in [2.45, 2.75) is 6.54 Å². The molecule has 26 heavy (non-hydrogen) atoms. The third kappa shape index (κ3) is 2.53. The molecule has 2 N–H and O–H groups in total. The van der Waals surface area contributed by atoms with Gasteiger partial charge in [0.25, 0.3) is 5.91 Å². The van der Waals surface area contributed by atoms with Gasteiger partial charge in [-0.25, -0.2) is 0 Å². The van der Waals surface area contributed by atoms with Crippen LogP contribution in [0.1, 0.15) is 24.4 Å². The van der Waals surface area contributed by atoms with Crippen LogP contribution in [0.25, 0.3) is 11.3 Å². The molecule has 4 rings (SSSR count). The lowest BCUT2D eigenvalue weighted by atomic mass is 10.0. The highest BCUT2D eigenvalue weighted by Crippen LogP contribution is 2.42. The SMILES string of the molecule is [2H]C([2H])([2H])NC(=O)c1nnccc1Nc1cccc2c1N(C([2H])([2H])[2H])Cc1nn(C)nc1-2. The average Bonchev–Trinajstić information content (AvgIpc) is 3.06. The number of carbonyl (C=O) groups is 1. The van der Waals surface area contributed by atoms with Crippen molar-refractivity contribution in [3.63, 3.8) is 0 Å². The zero-order valence-electron chi connectivity index (χ0n) is 19.7. The number of anilines is 3. The van der Waals surface area contributed by atoms with Crippen molar-refractivity contribution in [3.05, 3.63) is 41.9 Å². The molecule has 1 amide bonds. The molecule has 2 aromatic heterocycles. The molecule has 9 heteroatoms. The molecule has 0 saturated heterocycles. The van der Waals surface area contributed by atoms with Crippen molar-refractivity contribution in [2.75, 3.05) is 24.2 Å². The minimum absolute atomic E-state index is 0.00630. The van der Waals surface area contributed by atoms with Crippen molar-refractivity contribution < 1.29 is 13.0 Å². The largest absolute Gasteiger partial charge is 0.366 e. The fourth-order valence-electron chi connectivity index (χ4n) is 2.92. The predicted octanol–water partition coefficient (Wildman–Crippen LogP) is 1.33. The molecule has 0 aliphatic carbocycles.